The Labute approximate surface area is 270 Å². The number of benzene rings is 4. The lowest BCUT2D eigenvalue weighted by atomic mass is 9.83. The Morgan fingerprint density at radius 3 is 2.39 bits per heavy atom. The summed E-state index contributed by atoms with van der Waals surface area (Å²) in [7, 11) is 3.15. The summed E-state index contributed by atoms with van der Waals surface area (Å²) in [5.41, 5.74) is 6.92. The Kier molecular flexibility index (Phi) is 9.64. The molecule has 0 bridgehead atoms. The van der Waals surface area contributed by atoms with Gasteiger partial charge in [0.1, 0.15) is 11.3 Å². The molecule has 4 aromatic rings. The first-order valence-corrected chi connectivity index (χ1v) is 14.4. The fourth-order valence-electron chi connectivity index (χ4n) is 5.54. The third-order valence-corrected chi connectivity index (χ3v) is 8.71. The lowest BCUT2D eigenvalue weighted by Crippen LogP contribution is -2.63. The molecule has 0 saturated heterocycles. The van der Waals surface area contributed by atoms with Gasteiger partial charge in [0.25, 0.3) is 5.91 Å². The number of nitrogens with one attached hydrogen (secondary N) is 1. The minimum Gasteiger partial charge on any atom is -0.496 e. The Balaban J connectivity index is 0.00000442. The van der Waals surface area contributed by atoms with E-state index in [4.69, 9.17) is 10.5 Å². The van der Waals surface area contributed by atoms with Crippen molar-refractivity contribution in [2.24, 2.45) is 11.7 Å². The number of primary amides is 1. The Bertz CT molecular complexity index is 1790. The summed E-state index contributed by atoms with van der Waals surface area (Å²) >= 11 is 3.53. The number of hydrogen-bond donors (Lipinski definition) is 2. The summed E-state index contributed by atoms with van der Waals surface area (Å²) in [5, 5.41) is 14.0. The second kappa shape index (κ2) is 13.1. The smallest absolute Gasteiger partial charge is 0.258 e. The van der Waals surface area contributed by atoms with E-state index in [1.54, 1.807) is 74.5 Å². The van der Waals surface area contributed by atoms with Gasteiger partial charge in [0.05, 0.1) is 42.6 Å². The number of nitrogens with zero attached hydrogens (tertiary/aromatic N) is 3. The molecule has 0 radical (unpaired) electrons. The maximum Gasteiger partial charge on any atom is 0.258 e. The first-order valence-electron chi connectivity index (χ1n) is 13.6. The van der Waals surface area contributed by atoms with Gasteiger partial charge in [-0.3, -0.25) is 14.4 Å². The van der Waals surface area contributed by atoms with Crippen LogP contribution in [-0.2, 0) is 16.1 Å². The number of fused-ring (bicyclic) bond motifs is 2. The molecule has 0 spiro atoms. The summed E-state index contributed by atoms with van der Waals surface area (Å²) in [6.07, 6.45) is 0. The topological polar surface area (TPSA) is 129 Å². The number of amides is 3. The third-order valence-electron chi connectivity index (χ3n) is 8.21. The van der Waals surface area contributed by atoms with E-state index >= 15 is 0 Å². The molecule has 4 aromatic carbocycles. The number of halogens is 2. The number of nitrogens with two attached hydrogens (primary N) is 1. The van der Waals surface area contributed by atoms with E-state index in [0.717, 1.165) is 20.8 Å². The molecule has 0 saturated carbocycles. The SMILES string of the molecule is CNC(C)(C(N)=O)[C@@H]1CN(C(=O)c2ccc(C#N)cc2)c2ccccc2N(Cc2c(OC)ccc3cc(Br)ccc23)C1=O.Cl. The van der Waals surface area contributed by atoms with E-state index in [0.29, 0.717) is 28.3 Å². The van der Waals surface area contributed by atoms with Gasteiger partial charge in [0, 0.05) is 22.1 Å². The Morgan fingerprint density at radius 1 is 1.09 bits per heavy atom. The standard InChI is InChI=1S/C33H30BrN5O4.ClH/c1-33(37-2,32(36)42)26-19-39(30(40)21-10-8-20(17-35)9-11-21)28-7-5-4-6-27(28)38(31(26)41)18-25-24-14-13-23(34)16-22(24)12-15-29(25)43-3;/h4-16,26,37H,18-19H2,1-3H3,(H2,36,42);1H/t26-,33?;/m1./s1. The van der Waals surface area contributed by atoms with Gasteiger partial charge in [-0.25, -0.2) is 0 Å². The quantitative estimate of drug-likeness (QED) is 0.278. The lowest BCUT2D eigenvalue weighted by molar-refractivity contribution is -0.133. The van der Waals surface area contributed by atoms with Crippen molar-refractivity contribution in [1.29, 1.82) is 5.26 Å². The summed E-state index contributed by atoms with van der Waals surface area (Å²) < 4.78 is 6.66. The first-order chi connectivity index (χ1) is 20.6. The zero-order chi connectivity index (χ0) is 30.9. The molecule has 9 nitrogen and oxygen atoms in total. The van der Waals surface area contributed by atoms with Gasteiger partial charge >= 0.3 is 0 Å². The van der Waals surface area contributed by atoms with E-state index in [-0.39, 0.29) is 37.3 Å². The molecule has 0 fully saturated rings. The average molecular weight is 677 g/mol. The van der Waals surface area contributed by atoms with Crippen LogP contribution in [0, 0.1) is 17.2 Å². The molecule has 3 amide bonds. The predicted octanol–water partition coefficient (Wildman–Crippen LogP) is 5.18. The number of rotatable bonds is 7. The number of likely N-dealkylation sites (N-methyl/N-ethyl adjacent to an activating group) is 1. The Morgan fingerprint density at radius 2 is 1.77 bits per heavy atom. The molecule has 1 unspecified atom stereocenters. The zero-order valence-electron chi connectivity index (χ0n) is 24.3. The summed E-state index contributed by atoms with van der Waals surface area (Å²) in [4.78, 5) is 44.7. The molecule has 1 heterocycles. The number of para-hydroxylation sites is 2. The van der Waals surface area contributed by atoms with Gasteiger partial charge in [-0.15, -0.1) is 12.4 Å². The molecule has 3 N–H and O–H groups in total. The number of hydrogen-bond acceptors (Lipinski definition) is 6. The summed E-state index contributed by atoms with van der Waals surface area (Å²) in [6, 6.07) is 25.2. The average Bonchev–Trinajstić information content (AvgIpc) is 3.14. The molecule has 0 aliphatic carbocycles. The van der Waals surface area contributed by atoms with Crippen LogP contribution in [-0.4, -0.2) is 44.0 Å². The second-order valence-corrected chi connectivity index (χ2v) is 11.4. The molecule has 0 aromatic heterocycles. The highest BCUT2D eigenvalue weighted by molar-refractivity contribution is 9.10. The van der Waals surface area contributed by atoms with Crippen LogP contribution >= 0.6 is 28.3 Å². The fraction of sp³-hybridized carbons (Fsp3) is 0.212. The predicted molar refractivity (Wildman–Crippen MR) is 176 cm³/mol. The van der Waals surface area contributed by atoms with Crippen LogP contribution in [0.5, 0.6) is 5.75 Å². The van der Waals surface area contributed by atoms with Crippen molar-refractivity contribution in [2.45, 2.75) is 19.0 Å². The maximum absolute atomic E-state index is 14.7. The number of carbonyl (C=O) groups excluding carboxylic acids is 3. The lowest BCUT2D eigenvalue weighted by Gasteiger charge is -2.36. The van der Waals surface area contributed by atoms with Crippen LogP contribution in [0.3, 0.4) is 0 Å². The normalized spacial score (nSPS) is 15.8. The van der Waals surface area contributed by atoms with Gasteiger partial charge in [0.2, 0.25) is 11.8 Å². The van der Waals surface area contributed by atoms with Crippen molar-refractivity contribution in [3.8, 4) is 11.8 Å². The van der Waals surface area contributed by atoms with Gasteiger partial charge in [0.15, 0.2) is 0 Å². The van der Waals surface area contributed by atoms with Crippen molar-refractivity contribution in [1.82, 2.24) is 5.32 Å². The minimum absolute atomic E-state index is 0. The van der Waals surface area contributed by atoms with Crippen LogP contribution < -0.4 is 25.6 Å². The molecule has 11 heteroatoms. The molecule has 226 valence electrons. The second-order valence-electron chi connectivity index (χ2n) is 10.5. The molecular weight excluding hydrogens is 646 g/mol. The third kappa shape index (κ3) is 5.74. The van der Waals surface area contributed by atoms with Crippen molar-refractivity contribution < 1.29 is 19.1 Å². The molecular formula is C33H31BrClN5O4. The van der Waals surface area contributed by atoms with Crippen molar-refractivity contribution in [3.63, 3.8) is 0 Å². The van der Waals surface area contributed by atoms with Gasteiger partial charge < -0.3 is 25.6 Å². The highest BCUT2D eigenvalue weighted by atomic mass is 79.9. The zero-order valence-corrected chi connectivity index (χ0v) is 26.7. The number of anilines is 2. The van der Waals surface area contributed by atoms with E-state index in [2.05, 4.69) is 27.3 Å². The van der Waals surface area contributed by atoms with Crippen LogP contribution in [0.4, 0.5) is 11.4 Å². The molecule has 5 rings (SSSR count). The minimum atomic E-state index is -1.49. The van der Waals surface area contributed by atoms with E-state index in [1.807, 2.05) is 30.3 Å². The van der Waals surface area contributed by atoms with Crippen LogP contribution in [0.2, 0.25) is 0 Å². The number of methoxy groups -OCH3 is 1. The first kappa shape index (κ1) is 32.5. The van der Waals surface area contributed by atoms with E-state index in [1.165, 1.54) is 4.90 Å². The van der Waals surface area contributed by atoms with Gasteiger partial charge in [-0.1, -0.05) is 40.2 Å². The highest BCUT2D eigenvalue weighted by Gasteiger charge is 2.48. The van der Waals surface area contributed by atoms with Crippen molar-refractivity contribution in [2.75, 3.05) is 30.5 Å². The Hall–Kier alpha value is -4.43. The molecule has 2 atom stereocenters. The monoisotopic (exact) mass is 675 g/mol. The summed E-state index contributed by atoms with van der Waals surface area (Å²) in [6.45, 7) is 1.56. The largest absolute Gasteiger partial charge is 0.496 e. The highest BCUT2D eigenvalue weighted by Crippen LogP contribution is 2.40. The number of nitriles is 1. The summed E-state index contributed by atoms with van der Waals surface area (Å²) in [5.74, 6) is -1.95. The molecule has 1 aliphatic rings. The number of ether oxygens (including phenoxy) is 1. The van der Waals surface area contributed by atoms with Crippen molar-refractivity contribution >= 4 is 68.2 Å². The van der Waals surface area contributed by atoms with E-state index in [9.17, 15) is 19.6 Å². The van der Waals surface area contributed by atoms with Crippen LogP contribution in [0.15, 0.2) is 83.3 Å². The molecule has 1 aliphatic heterocycles. The maximum atomic E-state index is 14.7. The van der Waals surface area contributed by atoms with Gasteiger partial charge in [-0.05, 0) is 79.3 Å². The fourth-order valence-corrected chi connectivity index (χ4v) is 5.92. The van der Waals surface area contributed by atoms with Crippen LogP contribution in [0.25, 0.3) is 10.8 Å². The number of carbonyl (C=O) groups is 3. The van der Waals surface area contributed by atoms with Crippen LogP contribution in [0.1, 0.15) is 28.4 Å². The van der Waals surface area contributed by atoms with Crippen molar-refractivity contribution in [3.05, 3.63) is 100 Å². The molecule has 44 heavy (non-hydrogen) atoms. The van der Waals surface area contributed by atoms with Gasteiger partial charge in [-0.2, -0.15) is 5.26 Å². The van der Waals surface area contributed by atoms with E-state index < -0.39 is 17.4 Å².